The number of nitrogens with one attached hydrogen (secondary N) is 1. The topological polar surface area (TPSA) is 59.1 Å². The van der Waals surface area contributed by atoms with E-state index < -0.39 is 21.9 Å². The fourth-order valence-electron chi connectivity index (χ4n) is 1.41. The molecule has 0 amide bonds. The van der Waals surface area contributed by atoms with Crippen LogP contribution in [0.5, 0.6) is 0 Å². The van der Waals surface area contributed by atoms with Crippen LogP contribution in [0.4, 0.5) is 4.39 Å². The van der Waals surface area contributed by atoms with Gasteiger partial charge in [0.1, 0.15) is 10.8 Å². The average Bonchev–Trinajstić information content (AvgIpc) is 2.82. The Morgan fingerprint density at radius 1 is 1.33 bits per heavy atom. The van der Waals surface area contributed by atoms with Crippen molar-refractivity contribution in [1.82, 2.24) is 9.71 Å². The van der Waals surface area contributed by atoms with E-state index >= 15 is 0 Å². The number of sulfonamides is 1. The summed E-state index contributed by atoms with van der Waals surface area (Å²) in [5, 5.41) is 2.46. The van der Waals surface area contributed by atoms with Crippen LogP contribution in [-0.4, -0.2) is 13.4 Å². The molecule has 1 unspecified atom stereocenters. The van der Waals surface area contributed by atoms with Crippen LogP contribution in [0, 0.1) is 5.82 Å². The second-order valence-electron chi connectivity index (χ2n) is 3.67. The van der Waals surface area contributed by atoms with E-state index in [9.17, 15) is 12.8 Å². The third-order valence-corrected chi connectivity index (χ3v) is 4.79. The number of benzene rings is 1. The molecule has 0 saturated heterocycles. The Hall–Kier alpha value is -1.31. The predicted octanol–water partition coefficient (Wildman–Crippen LogP) is 2.32. The van der Waals surface area contributed by atoms with Crippen molar-refractivity contribution in [2.75, 3.05) is 0 Å². The van der Waals surface area contributed by atoms with Crippen LogP contribution in [0.2, 0.25) is 0 Å². The van der Waals surface area contributed by atoms with Gasteiger partial charge in [0, 0.05) is 11.6 Å². The van der Waals surface area contributed by atoms with Crippen molar-refractivity contribution in [3.63, 3.8) is 0 Å². The lowest BCUT2D eigenvalue weighted by Crippen LogP contribution is -2.26. The van der Waals surface area contributed by atoms with Crippen molar-refractivity contribution in [3.05, 3.63) is 46.7 Å². The molecule has 0 spiro atoms. The van der Waals surface area contributed by atoms with Crippen molar-refractivity contribution in [2.24, 2.45) is 0 Å². The second-order valence-corrected chi connectivity index (χ2v) is 6.31. The fraction of sp³-hybridized carbons (Fsp3) is 0.182. The number of aromatic nitrogens is 1. The molecule has 0 aliphatic rings. The summed E-state index contributed by atoms with van der Waals surface area (Å²) in [6.45, 7) is 1.71. The Balaban J connectivity index is 2.20. The number of thiazole rings is 1. The van der Waals surface area contributed by atoms with E-state index in [1.165, 1.54) is 23.5 Å². The second kappa shape index (κ2) is 5.13. The summed E-state index contributed by atoms with van der Waals surface area (Å²) in [5.41, 5.74) is 0. The van der Waals surface area contributed by atoms with E-state index in [-0.39, 0.29) is 4.90 Å². The number of nitrogens with zero attached hydrogens (tertiary/aromatic N) is 1. The van der Waals surface area contributed by atoms with Gasteiger partial charge in [-0.15, -0.1) is 11.3 Å². The molecule has 4 nitrogen and oxygen atoms in total. The smallest absolute Gasteiger partial charge is 0.241 e. The Bertz CT molecular complexity index is 609. The van der Waals surface area contributed by atoms with Crippen molar-refractivity contribution in [3.8, 4) is 0 Å². The van der Waals surface area contributed by atoms with Gasteiger partial charge in [-0.05, 0) is 31.2 Å². The molecule has 0 fully saturated rings. The fourth-order valence-corrected chi connectivity index (χ4v) is 3.34. The van der Waals surface area contributed by atoms with Gasteiger partial charge in [-0.25, -0.2) is 22.5 Å². The molecule has 2 rings (SSSR count). The van der Waals surface area contributed by atoms with Gasteiger partial charge in [0.05, 0.1) is 10.9 Å². The SMILES string of the molecule is CC(NS(=O)(=O)c1ccc(F)cc1)c1nccs1. The Morgan fingerprint density at radius 2 is 2.00 bits per heavy atom. The van der Waals surface area contributed by atoms with Crippen LogP contribution >= 0.6 is 11.3 Å². The molecular formula is C11H11FN2O2S2. The normalized spacial score (nSPS) is 13.4. The lowest BCUT2D eigenvalue weighted by atomic mass is 10.4. The maximum Gasteiger partial charge on any atom is 0.241 e. The third-order valence-electron chi connectivity index (χ3n) is 2.28. The molecule has 96 valence electrons. The van der Waals surface area contributed by atoms with E-state index in [0.29, 0.717) is 5.01 Å². The molecular weight excluding hydrogens is 275 g/mol. The first-order valence-corrected chi connectivity index (χ1v) is 7.52. The summed E-state index contributed by atoms with van der Waals surface area (Å²) in [7, 11) is -3.65. The third kappa shape index (κ3) is 2.92. The summed E-state index contributed by atoms with van der Waals surface area (Å²) in [5.74, 6) is -0.470. The highest BCUT2D eigenvalue weighted by atomic mass is 32.2. The number of hydrogen-bond acceptors (Lipinski definition) is 4. The van der Waals surface area contributed by atoms with E-state index in [1.807, 2.05) is 0 Å². The Morgan fingerprint density at radius 3 is 2.56 bits per heavy atom. The van der Waals surface area contributed by atoms with Gasteiger partial charge in [-0.1, -0.05) is 0 Å². The van der Waals surface area contributed by atoms with Gasteiger partial charge in [0.15, 0.2) is 0 Å². The highest BCUT2D eigenvalue weighted by Crippen LogP contribution is 2.18. The lowest BCUT2D eigenvalue weighted by Gasteiger charge is -2.11. The zero-order chi connectivity index (χ0) is 13.2. The average molecular weight is 286 g/mol. The maximum atomic E-state index is 12.7. The first-order valence-electron chi connectivity index (χ1n) is 5.16. The van der Waals surface area contributed by atoms with Crippen LogP contribution in [0.15, 0.2) is 40.7 Å². The van der Waals surface area contributed by atoms with E-state index in [1.54, 1.807) is 18.5 Å². The monoisotopic (exact) mass is 286 g/mol. The highest BCUT2D eigenvalue weighted by molar-refractivity contribution is 7.89. The first kappa shape index (κ1) is 13.1. The van der Waals surface area contributed by atoms with Crippen LogP contribution in [0.3, 0.4) is 0 Å². The van der Waals surface area contributed by atoms with Gasteiger partial charge in [-0.2, -0.15) is 0 Å². The summed E-state index contributed by atoms with van der Waals surface area (Å²) in [6, 6.07) is 4.27. The zero-order valence-electron chi connectivity index (χ0n) is 9.50. The van der Waals surface area contributed by atoms with Crippen LogP contribution in [0.25, 0.3) is 0 Å². The summed E-state index contributed by atoms with van der Waals surface area (Å²) >= 11 is 1.37. The number of hydrogen-bond donors (Lipinski definition) is 1. The summed E-state index contributed by atoms with van der Waals surface area (Å²) < 4.78 is 39.2. The molecule has 7 heteroatoms. The number of rotatable bonds is 4. The molecule has 18 heavy (non-hydrogen) atoms. The minimum Gasteiger partial charge on any atom is -0.248 e. The standard InChI is InChI=1S/C11H11FN2O2S2/c1-8(11-13-6-7-17-11)14-18(15,16)10-4-2-9(12)3-5-10/h2-8,14H,1H3. The van der Waals surface area contributed by atoms with E-state index in [2.05, 4.69) is 9.71 Å². The molecule has 0 aliphatic carbocycles. The predicted molar refractivity (Wildman–Crippen MR) is 67.3 cm³/mol. The van der Waals surface area contributed by atoms with Gasteiger partial charge in [-0.3, -0.25) is 0 Å². The van der Waals surface area contributed by atoms with E-state index in [0.717, 1.165) is 12.1 Å². The Labute approximate surface area is 109 Å². The highest BCUT2D eigenvalue weighted by Gasteiger charge is 2.19. The van der Waals surface area contributed by atoms with Gasteiger partial charge < -0.3 is 0 Å². The molecule has 1 aromatic heterocycles. The molecule has 2 aromatic rings. The molecule has 0 radical (unpaired) electrons. The Kier molecular flexibility index (Phi) is 3.74. The molecule has 0 bridgehead atoms. The lowest BCUT2D eigenvalue weighted by molar-refractivity contribution is 0.565. The molecule has 1 N–H and O–H groups in total. The van der Waals surface area contributed by atoms with Gasteiger partial charge in [0.25, 0.3) is 0 Å². The van der Waals surface area contributed by atoms with Crippen LogP contribution in [0.1, 0.15) is 18.0 Å². The van der Waals surface area contributed by atoms with Gasteiger partial charge in [0.2, 0.25) is 10.0 Å². The van der Waals surface area contributed by atoms with Crippen molar-refractivity contribution >= 4 is 21.4 Å². The molecule has 1 atom stereocenters. The van der Waals surface area contributed by atoms with Crippen molar-refractivity contribution in [1.29, 1.82) is 0 Å². The quantitative estimate of drug-likeness (QED) is 0.938. The minimum absolute atomic E-state index is 0.0345. The van der Waals surface area contributed by atoms with Crippen molar-refractivity contribution < 1.29 is 12.8 Å². The molecule has 1 heterocycles. The largest absolute Gasteiger partial charge is 0.248 e. The molecule has 0 aliphatic heterocycles. The number of halogens is 1. The minimum atomic E-state index is -3.65. The van der Waals surface area contributed by atoms with Crippen molar-refractivity contribution in [2.45, 2.75) is 17.9 Å². The van der Waals surface area contributed by atoms with Gasteiger partial charge >= 0.3 is 0 Å². The molecule has 0 saturated carbocycles. The van der Waals surface area contributed by atoms with Crippen LogP contribution < -0.4 is 4.72 Å². The first-order chi connectivity index (χ1) is 8.49. The molecule has 1 aromatic carbocycles. The summed E-state index contributed by atoms with van der Waals surface area (Å²) in [6.07, 6.45) is 1.61. The zero-order valence-corrected chi connectivity index (χ0v) is 11.1. The maximum absolute atomic E-state index is 12.7. The summed E-state index contributed by atoms with van der Waals surface area (Å²) in [4.78, 5) is 4.07. The van der Waals surface area contributed by atoms with Crippen LogP contribution in [-0.2, 0) is 10.0 Å². The van der Waals surface area contributed by atoms with E-state index in [4.69, 9.17) is 0 Å².